The van der Waals surface area contributed by atoms with Gasteiger partial charge in [0.2, 0.25) is 0 Å². The lowest BCUT2D eigenvalue weighted by atomic mass is 10.5. The zero-order valence-corrected chi connectivity index (χ0v) is 7.01. The quantitative estimate of drug-likeness (QED) is 0.617. The SMILES string of the molecule is CSSc1ccc(C)o1. The van der Waals surface area contributed by atoms with Crippen molar-refractivity contribution >= 4 is 21.6 Å². The molecule has 0 aliphatic rings. The van der Waals surface area contributed by atoms with E-state index in [1.165, 1.54) is 0 Å². The van der Waals surface area contributed by atoms with E-state index in [0.29, 0.717) is 0 Å². The highest BCUT2D eigenvalue weighted by Crippen LogP contribution is 2.29. The van der Waals surface area contributed by atoms with Crippen LogP contribution in [0, 0.1) is 6.92 Å². The van der Waals surface area contributed by atoms with Crippen LogP contribution in [0.15, 0.2) is 21.6 Å². The summed E-state index contributed by atoms with van der Waals surface area (Å²) in [6, 6.07) is 3.95. The molecular formula is C6H8OS2. The maximum Gasteiger partial charge on any atom is 0.170 e. The third-order valence-corrected chi connectivity index (χ3v) is 2.42. The zero-order valence-electron chi connectivity index (χ0n) is 5.38. The minimum Gasteiger partial charge on any atom is -0.454 e. The standard InChI is InChI=1S/C6H8OS2/c1-5-3-4-6(7-5)9-8-2/h3-4H,1-2H3. The van der Waals surface area contributed by atoms with E-state index >= 15 is 0 Å². The smallest absolute Gasteiger partial charge is 0.170 e. The molecule has 1 heterocycles. The van der Waals surface area contributed by atoms with E-state index in [2.05, 4.69) is 0 Å². The Bertz CT molecular complexity index is 183. The van der Waals surface area contributed by atoms with Gasteiger partial charge in [0.1, 0.15) is 5.76 Å². The molecule has 50 valence electrons. The summed E-state index contributed by atoms with van der Waals surface area (Å²) in [5, 5.41) is 0.986. The van der Waals surface area contributed by atoms with Crippen LogP contribution in [0.1, 0.15) is 5.76 Å². The van der Waals surface area contributed by atoms with Gasteiger partial charge >= 0.3 is 0 Å². The van der Waals surface area contributed by atoms with Gasteiger partial charge in [-0.25, -0.2) is 0 Å². The Morgan fingerprint density at radius 3 is 2.67 bits per heavy atom. The summed E-state index contributed by atoms with van der Waals surface area (Å²) in [7, 11) is 3.34. The summed E-state index contributed by atoms with van der Waals surface area (Å²) in [6.07, 6.45) is 2.03. The van der Waals surface area contributed by atoms with Crippen molar-refractivity contribution in [2.24, 2.45) is 0 Å². The molecule has 0 saturated heterocycles. The van der Waals surface area contributed by atoms with Gasteiger partial charge < -0.3 is 4.42 Å². The van der Waals surface area contributed by atoms with Crippen LogP contribution in [-0.4, -0.2) is 6.26 Å². The van der Waals surface area contributed by atoms with Crippen LogP contribution in [0.5, 0.6) is 0 Å². The highest BCUT2D eigenvalue weighted by molar-refractivity contribution is 8.76. The van der Waals surface area contributed by atoms with Crippen LogP contribution in [0.3, 0.4) is 0 Å². The first-order chi connectivity index (χ1) is 4.33. The Morgan fingerprint density at radius 1 is 1.44 bits per heavy atom. The van der Waals surface area contributed by atoms with Crippen molar-refractivity contribution < 1.29 is 4.42 Å². The van der Waals surface area contributed by atoms with Crippen LogP contribution >= 0.6 is 21.6 Å². The fraction of sp³-hybridized carbons (Fsp3) is 0.333. The highest BCUT2D eigenvalue weighted by atomic mass is 33.1. The Morgan fingerprint density at radius 2 is 2.22 bits per heavy atom. The summed E-state index contributed by atoms with van der Waals surface area (Å²) in [5.74, 6) is 0.978. The fourth-order valence-corrected chi connectivity index (χ4v) is 1.75. The van der Waals surface area contributed by atoms with E-state index in [4.69, 9.17) is 4.42 Å². The van der Waals surface area contributed by atoms with E-state index in [9.17, 15) is 0 Å². The maximum absolute atomic E-state index is 5.27. The molecule has 0 aromatic carbocycles. The third-order valence-electron chi connectivity index (χ3n) is 0.881. The predicted octanol–water partition coefficient (Wildman–Crippen LogP) is 2.96. The molecule has 0 bridgehead atoms. The molecular weight excluding hydrogens is 152 g/mol. The normalized spacial score (nSPS) is 10.0. The number of furan rings is 1. The van der Waals surface area contributed by atoms with Gasteiger partial charge in [-0.1, -0.05) is 10.8 Å². The van der Waals surface area contributed by atoms with Gasteiger partial charge in [0.05, 0.1) is 0 Å². The second-order valence-electron chi connectivity index (χ2n) is 1.62. The van der Waals surface area contributed by atoms with Crippen LogP contribution in [-0.2, 0) is 0 Å². The third kappa shape index (κ3) is 1.99. The van der Waals surface area contributed by atoms with E-state index < -0.39 is 0 Å². The minimum atomic E-state index is 0.978. The molecule has 0 unspecified atom stereocenters. The average molecular weight is 160 g/mol. The van der Waals surface area contributed by atoms with Gasteiger partial charge in [-0.05, 0) is 36.1 Å². The lowest BCUT2D eigenvalue weighted by molar-refractivity contribution is 0.450. The Balaban J connectivity index is 2.61. The maximum atomic E-state index is 5.27. The molecule has 0 atom stereocenters. The van der Waals surface area contributed by atoms with E-state index in [1.54, 1.807) is 21.6 Å². The largest absolute Gasteiger partial charge is 0.454 e. The first-order valence-corrected chi connectivity index (χ1v) is 5.16. The summed E-state index contributed by atoms with van der Waals surface area (Å²) in [5.41, 5.74) is 0. The fourth-order valence-electron chi connectivity index (χ4n) is 0.539. The second-order valence-corrected chi connectivity index (χ2v) is 4.02. The van der Waals surface area contributed by atoms with Crippen molar-refractivity contribution in [3.63, 3.8) is 0 Å². The molecule has 0 fully saturated rings. The molecule has 1 aromatic heterocycles. The zero-order chi connectivity index (χ0) is 6.69. The summed E-state index contributed by atoms with van der Waals surface area (Å²) in [4.78, 5) is 0. The average Bonchev–Trinajstić information content (AvgIpc) is 2.17. The van der Waals surface area contributed by atoms with E-state index in [-0.39, 0.29) is 0 Å². The van der Waals surface area contributed by atoms with Crippen molar-refractivity contribution in [3.05, 3.63) is 17.9 Å². The van der Waals surface area contributed by atoms with Crippen LogP contribution in [0.4, 0.5) is 0 Å². The molecule has 0 aliphatic carbocycles. The van der Waals surface area contributed by atoms with Gasteiger partial charge in [-0.15, -0.1) is 0 Å². The highest BCUT2D eigenvalue weighted by Gasteiger charge is 1.95. The minimum absolute atomic E-state index is 0.978. The Labute approximate surface area is 62.6 Å². The molecule has 1 rings (SSSR count). The molecule has 0 spiro atoms. The molecule has 0 saturated carbocycles. The second kappa shape index (κ2) is 3.22. The number of hydrogen-bond acceptors (Lipinski definition) is 3. The van der Waals surface area contributed by atoms with Crippen molar-refractivity contribution in [3.8, 4) is 0 Å². The molecule has 0 aliphatic heterocycles. The van der Waals surface area contributed by atoms with Gasteiger partial charge in [0, 0.05) is 0 Å². The van der Waals surface area contributed by atoms with Gasteiger partial charge in [-0.2, -0.15) is 0 Å². The number of aryl methyl sites for hydroxylation is 1. The van der Waals surface area contributed by atoms with Crippen LogP contribution in [0.2, 0.25) is 0 Å². The van der Waals surface area contributed by atoms with Gasteiger partial charge in [0.25, 0.3) is 0 Å². The summed E-state index contributed by atoms with van der Waals surface area (Å²) >= 11 is 0. The molecule has 1 nitrogen and oxygen atoms in total. The predicted molar refractivity (Wildman–Crippen MR) is 42.8 cm³/mol. The van der Waals surface area contributed by atoms with Crippen LogP contribution in [0.25, 0.3) is 0 Å². The van der Waals surface area contributed by atoms with Crippen molar-refractivity contribution in [2.45, 2.75) is 12.0 Å². The number of rotatable bonds is 2. The van der Waals surface area contributed by atoms with Crippen molar-refractivity contribution in [1.82, 2.24) is 0 Å². The van der Waals surface area contributed by atoms with Crippen molar-refractivity contribution in [2.75, 3.05) is 6.26 Å². The molecule has 0 amide bonds. The Kier molecular flexibility index (Phi) is 2.54. The van der Waals surface area contributed by atoms with Gasteiger partial charge in [-0.3, -0.25) is 0 Å². The number of hydrogen-bond donors (Lipinski definition) is 0. The molecule has 9 heavy (non-hydrogen) atoms. The topological polar surface area (TPSA) is 13.1 Å². The molecule has 3 heteroatoms. The lowest BCUT2D eigenvalue weighted by Crippen LogP contribution is -1.53. The molecule has 0 radical (unpaired) electrons. The first-order valence-electron chi connectivity index (χ1n) is 2.60. The lowest BCUT2D eigenvalue weighted by Gasteiger charge is -1.86. The summed E-state index contributed by atoms with van der Waals surface area (Å²) in [6.45, 7) is 1.95. The summed E-state index contributed by atoms with van der Waals surface area (Å²) < 4.78 is 5.27. The Hall–Kier alpha value is -0.0200. The van der Waals surface area contributed by atoms with E-state index in [1.807, 2.05) is 25.3 Å². The monoisotopic (exact) mass is 160 g/mol. The van der Waals surface area contributed by atoms with E-state index in [0.717, 1.165) is 10.9 Å². The van der Waals surface area contributed by atoms with Gasteiger partial charge in [0.15, 0.2) is 5.09 Å². The molecule has 1 aromatic rings. The van der Waals surface area contributed by atoms with Crippen molar-refractivity contribution in [1.29, 1.82) is 0 Å². The first kappa shape index (κ1) is 7.09. The van der Waals surface area contributed by atoms with Crippen LogP contribution < -0.4 is 0 Å². The molecule has 0 N–H and O–H groups in total.